The van der Waals surface area contributed by atoms with Gasteiger partial charge in [-0.15, -0.1) is 0 Å². The molecule has 1 aromatic rings. The molecule has 0 saturated heterocycles. The van der Waals surface area contributed by atoms with Crippen LogP contribution in [0.5, 0.6) is 0 Å². The molecule has 0 aliphatic rings. The van der Waals surface area contributed by atoms with Crippen molar-refractivity contribution in [1.29, 1.82) is 5.26 Å². The number of amides is 1. The van der Waals surface area contributed by atoms with E-state index in [4.69, 9.17) is 11.0 Å². The van der Waals surface area contributed by atoms with Crippen LogP contribution in [0, 0.1) is 17.2 Å². The lowest BCUT2D eigenvalue weighted by atomic mass is 10.0. The molecule has 0 aliphatic heterocycles. The summed E-state index contributed by atoms with van der Waals surface area (Å²) < 4.78 is 0. The van der Waals surface area contributed by atoms with Gasteiger partial charge >= 0.3 is 0 Å². The summed E-state index contributed by atoms with van der Waals surface area (Å²) in [5.74, 6) is -1.17. The number of benzene rings is 1. The quantitative estimate of drug-likeness (QED) is 0.788. The van der Waals surface area contributed by atoms with E-state index in [1.807, 2.05) is 36.4 Å². The van der Waals surface area contributed by atoms with Gasteiger partial charge in [0, 0.05) is 0 Å². The molecule has 0 spiro atoms. The summed E-state index contributed by atoms with van der Waals surface area (Å²) in [6, 6.07) is 11.9. The molecule has 78 valence electrons. The van der Waals surface area contributed by atoms with E-state index < -0.39 is 11.8 Å². The molecular weight excluding hydrogens is 188 g/mol. The number of carbonyl (C=O) groups is 1. The highest BCUT2D eigenvalue weighted by molar-refractivity contribution is 5.79. The predicted octanol–water partition coefficient (Wildman–Crippen LogP) is 1.63. The zero-order valence-electron chi connectivity index (χ0n) is 8.52. The van der Waals surface area contributed by atoms with Crippen LogP contribution in [-0.2, 0) is 11.2 Å². The summed E-state index contributed by atoms with van der Waals surface area (Å²) in [4.78, 5) is 10.8. The van der Waals surface area contributed by atoms with Crippen molar-refractivity contribution in [3.05, 3.63) is 35.9 Å². The van der Waals surface area contributed by atoms with Crippen LogP contribution < -0.4 is 5.73 Å². The maximum Gasteiger partial charge on any atom is 0.234 e. The molecule has 15 heavy (non-hydrogen) atoms. The Labute approximate surface area is 89.5 Å². The van der Waals surface area contributed by atoms with Gasteiger partial charge in [0.2, 0.25) is 5.91 Å². The standard InChI is InChI=1S/C12H14N2O/c13-9-11(12(14)15)8-4-7-10-5-2-1-3-6-10/h1-3,5-6,11H,4,7-8H2,(H2,14,15). The first kappa shape index (κ1) is 11.3. The van der Waals surface area contributed by atoms with E-state index in [0.717, 1.165) is 12.8 Å². The lowest BCUT2D eigenvalue weighted by Gasteiger charge is -2.04. The van der Waals surface area contributed by atoms with Gasteiger partial charge in [0.05, 0.1) is 6.07 Å². The minimum atomic E-state index is -0.645. The maximum absolute atomic E-state index is 10.8. The number of rotatable bonds is 5. The summed E-state index contributed by atoms with van der Waals surface area (Å²) in [5.41, 5.74) is 6.29. The molecule has 1 aromatic carbocycles. The van der Waals surface area contributed by atoms with Gasteiger partial charge in [0.15, 0.2) is 0 Å². The second kappa shape index (κ2) is 5.82. The van der Waals surface area contributed by atoms with E-state index >= 15 is 0 Å². The van der Waals surface area contributed by atoms with Crippen molar-refractivity contribution in [2.75, 3.05) is 0 Å². The van der Waals surface area contributed by atoms with Crippen molar-refractivity contribution in [3.63, 3.8) is 0 Å². The van der Waals surface area contributed by atoms with Crippen molar-refractivity contribution in [2.24, 2.45) is 11.7 Å². The average molecular weight is 202 g/mol. The first-order valence-electron chi connectivity index (χ1n) is 4.97. The SMILES string of the molecule is N#CC(CCCc1ccccc1)C(N)=O. The lowest BCUT2D eigenvalue weighted by Crippen LogP contribution is -2.21. The highest BCUT2D eigenvalue weighted by Gasteiger charge is 2.12. The molecule has 0 heterocycles. The van der Waals surface area contributed by atoms with E-state index in [1.165, 1.54) is 5.56 Å². The largest absolute Gasteiger partial charge is 0.369 e. The third-order valence-electron chi connectivity index (χ3n) is 2.30. The fourth-order valence-electron chi connectivity index (χ4n) is 1.43. The Balaban J connectivity index is 2.34. The van der Waals surface area contributed by atoms with E-state index in [1.54, 1.807) is 0 Å². The number of hydrogen-bond donors (Lipinski definition) is 1. The van der Waals surface area contributed by atoms with Crippen molar-refractivity contribution in [1.82, 2.24) is 0 Å². The predicted molar refractivity (Wildman–Crippen MR) is 57.7 cm³/mol. The van der Waals surface area contributed by atoms with Gasteiger partial charge < -0.3 is 5.73 Å². The van der Waals surface area contributed by atoms with Crippen molar-refractivity contribution < 1.29 is 4.79 Å². The van der Waals surface area contributed by atoms with E-state index in [9.17, 15) is 4.79 Å². The number of carbonyl (C=O) groups excluding carboxylic acids is 1. The van der Waals surface area contributed by atoms with Crippen LogP contribution >= 0.6 is 0 Å². The van der Waals surface area contributed by atoms with Gasteiger partial charge in [-0.1, -0.05) is 30.3 Å². The second-order valence-corrected chi connectivity index (χ2v) is 3.46. The Kier molecular flexibility index (Phi) is 4.36. The molecule has 1 rings (SSSR count). The molecule has 2 N–H and O–H groups in total. The number of nitrogens with zero attached hydrogens (tertiary/aromatic N) is 1. The fraction of sp³-hybridized carbons (Fsp3) is 0.333. The van der Waals surface area contributed by atoms with Crippen LogP contribution in [-0.4, -0.2) is 5.91 Å². The zero-order chi connectivity index (χ0) is 11.1. The molecule has 1 unspecified atom stereocenters. The molecule has 0 bridgehead atoms. The number of primary amides is 1. The number of nitriles is 1. The Morgan fingerprint density at radius 1 is 1.40 bits per heavy atom. The molecule has 0 fully saturated rings. The van der Waals surface area contributed by atoms with Crippen LogP contribution in [0.25, 0.3) is 0 Å². The Morgan fingerprint density at radius 2 is 2.07 bits per heavy atom. The van der Waals surface area contributed by atoms with Crippen LogP contribution in [0.3, 0.4) is 0 Å². The van der Waals surface area contributed by atoms with Gasteiger partial charge in [0.25, 0.3) is 0 Å². The minimum absolute atomic E-state index is 0.523. The number of hydrogen-bond acceptors (Lipinski definition) is 2. The number of nitrogens with two attached hydrogens (primary N) is 1. The lowest BCUT2D eigenvalue weighted by molar-refractivity contribution is -0.120. The first-order chi connectivity index (χ1) is 7.24. The van der Waals surface area contributed by atoms with Crippen LogP contribution in [0.2, 0.25) is 0 Å². The van der Waals surface area contributed by atoms with Crippen molar-refractivity contribution >= 4 is 5.91 Å². The van der Waals surface area contributed by atoms with Crippen molar-refractivity contribution in [2.45, 2.75) is 19.3 Å². The van der Waals surface area contributed by atoms with E-state index in [0.29, 0.717) is 6.42 Å². The fourth-order valence-corrected chi connectivity index (χ4v) is 1.43. The normalized spacial score (nSPS) is 11.7. The minimum Gasteiger partial charge on any atom is -0.369 e. The van der Waals surface area contributed by atoms with Gasteiger partial charge in [-0.25, -0.2) is 0 Å². The van der Waals surface area contributed by atoms with Gasteiger partial charge in [-0.2, -0.15) is 5.26 Å². The first-order valence-corrected chi connectivity index (χ1v) is 4.97. The molecule has 0 aliphatic carbocycles. The third kappa shape index (κ3) is 3.82. The molecule has 0 radical (unpaired) electrons. The van der Waals surface area contributed by atoms with Gasteiger partial charge in [-0.05, 0) is 24.8 Å². The summed E-state index contributed by atoms with van der Waals surface area (Å²) in [7, 11) is 0. The van der Waals surface area contributed by atoms with Crippen molar-refractivity contribution in [3.8, 4) is 6.07 Å². The Bertz CT molecular complexity index is 354. The molecule has 3 nitrogen and oxygen atoms in total. The summed E-state index contributed by atoms with van der Waals surface area (Å²) in [6.07, 6.45) is 2.23. The molecule has 0 saturated carbocycles. The van der Waals surface area contributed by atoms with E-state index in [-0.39, 0.29) is 0 Å². The highest BCUT2D eigenvalue weighted by Crippen LogP contribution is 2.09. The number of aryl methyl sites for hydroxylation is 1. The van der Waals surface area contributed by atoms with Gasteiger partial charge in [0.1, 0.15) is 5.92 Å². The highest BCUT2D eigenvalue weighted by atomic mass is 16.1. The molecule has 1 atom stereocenters. The van der Waals surface area contributed by atoms with Crippen LogP contribution in [0.15, 0.2) is 30.3 Å². The monoisotopic (exact) mass is 202 g/mol. The second-order valence-electron chi connectivity index (χ2n) is 3.46. The van der Waals surface area contributed by atoms with Gasteiger partial charge in [-0.3, -0.25) is 4.79 Å². The zero-order valence-corrected chi connectivity index (χ0v) is 8.52. The molecular formula is C12H14N2O. The molecule has 3 heteroatoms. The Hall–Kier alpha value is -1.82. The van der Waals surface area contributed by atoms with Crippen LogP contribution in [0.4, 0.5) is 0 Å². The average Bonchev–Trinajstić information content (AvgIpc) is 2.25. The summed E-state index contributed by atoms with van der Waals surface area (Å²) in [6.45, 7) is 0. The Morgan fingerprint density at radius 3 is 2.60 bits per heavy atom. The topological polar surface area (TPSA) is 66.9 Å². The maximum atomic E-state index is 10.8. The molecule has 0 aromatic heterocycles. The third-order valence-corrected chi connectivity index (χ3v) is 2.30. The summed E-state index contributed by atoms with van der Waals surface area (Å²) in [5, 5.41) is 8.64. The van der Waals surface area contributed by atoms with Crippen LogP contribution in [0.1, 0.15) is 18.4 Å². The summed E-state index contributed by atoms with van der Waals surface area (Å²) >= 11 is 0. The van der Waals surface area contributed by atoms with E-state index in [2.05, 4.69) is 0 Å². The molecule has 1 amide bonds. The smallest absolute Gasteiger partial charge is 0.234 e.